The van der Waals surface area contributed by atoms with Crippen LogP contribution in [0.4, 0.5) is 5.69 Å². The second kappa shape index (κ2) is 7.38. The van der Waals surface area contributed by atoms with Gasteiger partial charge in [-0.15, -0.1) is 0 Å². The van der Waals surface area contributed by atoms with Crippen molar-refractivity contribution in [1.82, 2.24) is 4.90 Å². The quantitative estimate of drug-likeness (QED) is 0.617. The average Bonchev–Trinajstić information content (AvgIpc) is 2.91. The maximum atomic E-state index is 11.0. The molecule has 1 aromatic rings. The molecule has 0 bridgehead atoms. The number of aliphatic hydroxyl groups is 1. The van der Waals surface area contributed by atoms with Gasteiger partial charge >= 0.3 is 0 Å². The van der Waals surface area contributed by atoms with E-state index in [-0.39, 0.29) is 17.2 Å². The van der Waals surface area contributed by atoms with Gasteiger partial charge in [0.05, 0.1) is 18.1 Å². The molecular formula is C15H22N2O4. The molecule has 0 amide bonds. The van der Waals surface area contributed by atoms with Crippen LogP contribution in [-0.2, 0) is 6.54 Å². The number of likely N-dealkylation sites (tertiary alicyclic amines) is 1. The number of nitrogens with zero attached hydrogens (tertiary/aromatic N) is 2. The van der Waals surface area contributed by atoms with Gasteiger partial charge in [-0.1, -0.05) is 0 Å². The first-order valence-electron chi connectivity index (χ1n) is 7.31. The summed E-state index contributed by atoms with van der Waals surface area (Å²) in [7, 11) is 1.52. The number of aliphatic hydroxyl groups excluding tert-OH is 1. The Balaban J connectivity index is 2.10. The Bertz CT molecular complexity index is 493. The third-order valence-electron chi connectivity index (χ3n) is 3.98. The summed E-state index contributed by atoms with van der Waals surface area (Å²) in [5.41, 5.74) is 0.965. The topological polar surface area (TPSA) is 75.8 Å². The first kappa shape index (κ1) is 15.7. The van der Waals surface area contributed by atoms with E-state index in [1.54, 1.807) is 6.07 Å². The number of hydrogen-bond donors (Lipinski definition) is 1. The summed E-state index contributed by atoms with van der Waals surface area (Å²) >= 11 is 0. The van der Waals surface area contributed by atoms with Gasteiger partial charge in [-0.05, 0) is 43.9 Å². The van der Waals surface area contributed by atoms with Crippen LogP contribution in [0.15, 0.2) is 18.2 Å². The maximum Gasteiger partial charge on any atom is 0.273 e. The van der Waals surface area contributed by atoms with Crippen LogP contribution < -0.4 is 4.74 Å². The highest BCUT2D eigenvalue weighted by Gasteiger charge is 2.24. The zero-order chi connectivity index (χ0) is 15.2. The lowest BCUT2D eigenvalue weighted by Gasteiger charge is -2.24. The predicted molar refractivity (Wildman–Crippen MR) is 79.4 cm³/mol. The van der Waals surface area contributed by atoms with E-state index in [4.69, 9.17) is 9.84 Å². The Kier molecular flexibility index (Phi) is 5.52. The first-order chi connectivity index (χ1) is 10.1. The van der Waals surface area contributed by atoms with Gasteiger partial charge in [0, 0.05) is 25.3 Å². The van der Waals surface area contributed by atoms with Crippen molar-refractivity contribution in [3.8, 4) is 5.75 Å². The summed E-state index contributed by atoms with van der Waals surface area (Å²) < 4.78 is 5.15. The van der Waals surface area contributed by atoms with Crippen LogP contribution in [0.5, 0.6) is 5.75 Å². The largest absolute Gasteiger partial charge is 0.496 e. The molecule has 6 nitrogen and oxygen atoms in total. The number of nitro benzene ring substituents is 1. The number of benzene rings is 1. The number of non-ortho nitro benzene ring substituents is 1. The van der Waals surface area contributed by atoms with Crippen molar-refractivity contribution < 1.29 is 14.8 Å². The van der Waals surface area contributed by atoms with E-state index >= 15 is 0 Å². The first-order valence-corrected chi connectivity index (χ1v) is 7.31. The van der Waals surface area contributed by atoms with Crippen molar-refractivity contribution in [2.45, 2.75) is 38.3 Å². The van der Waals surface area contributed by atoms with Crippen molar-refractivity contribution in [3.63, 3.8) is 0 Å². The highest BCUT2D eigenvalue weighted by Crippen LogP contribution is 2.27. The highest BCUT2D eigenvalue weighted by molar-refractivity contribution is 5.42. The standard InChI is InChI=1S/C15H22N2O4/c1-21-15-9-12(8-14(10-15)17(19)20)11-16-6-2-4-13(16)5-3-7-18/h8-10,13,18H,2-7,11H2,1H3. The lowest BCUT2D eigenvalue weighted by Crippen LogP contribution is -2.29. The molecule has 0 aliphatic carbocycles. The summed E-state index contributed by atoms with van der Waals surface area (Å²) in [6, 6.07) is 5.37. The number of rotatable bonds is 7. The fourth-order valence-corrected chi connectivity index (χ4v) is 2.95. The van der Waals surface area contributed by atoms with E-state index in [9.17, 15) is 10.1 Å². The van der Waals surface area contributed by atoms with Gasteiger partial charge in [-0.2, -0.15) is 0 Å². The van der Waals surface area contributed by atoms with E-state index in [0.29, 0.717) is 18.3 Å². The second-order valence-electron chi connectivity index (χ2n) is 5.43. The SMILES string of the molecule is COc1cc(CN2CCCC2CCCO)cc([N+](=O)[O-])c1. The van der Waals surface area contributed by atoms with E-state index in [0.717, 1.165) is 37.8 Å². The van der Waals surface area contributed by atoms with Crippen LogP contribution in [0, 0.1) is 10.1 Å². The highest BCUT2D eigenvalue weighted by atomic mass is 16.6. The van der Waals surface area contributed by atoms with Gasteiger partial charge in [0.15, 0.2) is 0 Å². The number of hydrogen-bond acceptors (Lipinski definition) is 5. The van der Waals surface area contributed by atoms with Crippen LogP contribution >= 0.6 is 0 Å². The fraction of sp³-hybridized carbons (Fsp3) is 0.600. The molecule has 1 aliphatic rings. The summed E-state index contributed by atoms with van der Waals surface area (Å²) in [5, 5.41) is 19.9. The van der Waals surface area contributed by atoms with Gasteiger partial charge in [-0.3, -0.25) is 15.0 Å². The Morgan fingerprint density at radius 1 is 1.48 bits per heavy atom. The van der Waals surface area contributed by atoms with Gasteiger partial charge in [0.2, 0.25) is 0 Å². The minimum absolute atomic E-state index is 0.0652. The minimum Gasteiger partial charge on any atom is -0.496 e. The van der Waals surface area contributed by atoms with Crippen LogP contribution in [0.25, 0.3) is 0 Å². The third-order valence-corrected chi connectivity index (χ3v) is 3.98. The molecule has 2 rings (SSSR count). The summed E-state index contributed by atoms with van der Waals surface area (Å²) in [6.45, 7) is 1.91. The molecule has 1 heterocycles. The summed E-state index contributed by atoms with van der Waals surface area (Å²) in [5.74, 6) is 0.519. The Morgan fingerprint density at radius 2 is 2.29 bits per heavy atom. The third kappa shape index (κ3) is 4.15. The molecule has 21 heavy (non-hydrogen) atoms. The molecule has 0 radical (unpaired) electrons. The molecule has 116 valence electrons. The molecule has 1 atom stereocenters. The average molecular weight is 294 g/mol. The van der Waals surface area contributed by atoms with E-state index < -0.39 is 0 Å². The molecule has 0 spiro atoms. The predicted octanol–water partition coefficient (Wildman–Crippen LogP) is 2.34. The second-order valence-corrected chi connectivity index (χ2v) is 5.43. The van der Waals surface area contributed by atoms with E-state index in [1.165, 1.54) is 13.2 Å². The van der Waals surface area contributed by atoms with Crippen molar-refractivity contribution >= 4 is 5.69 Å². The van der Waals surface area contributed by atoms with Gasteiger partial charge < -0.3 is 9.84 Å². The molecule has 6 heteroatoms. The Hall–Kier alpha value is -1.66. The maximum absolute atomic E-state index is 11.0. The molecule has 1 aromatic carbocycles. The molecule has 0 saturated carbocycles. The van der Waals surface area contributed by atoms with Gasteiger partial charge in [-0.25, -0.2) is 0 Å². The number of methoxy groups -OCH3 is 1. The van der Waals surface area contributed by atoms with E-state index in [1.807, 2.05) is 6.07 Å². The fourth-order valence-electron chi connectivity index (χ4n) is 2.95. The van der Waals surface area contributed by atoms with Crippen LogP contribution in [0.3, 0.4) is 0 Å². The van der Waals surface area contributed by atoms with Gasteiger partial charge in [0.25, 0.3) is 5.69 Å². The molecule has 1 N–H and O–H groups in total. The van der Waals surface area contributed by atoms with Crippen molar-refractivity contribution in [1.29, 1.82) is 0 Å². The van der Waals surface area contributed by atoms with Gasteiger partial charge in [0.1, 0.15) is 5.75 Å². The zero-order valence-electron chi connectivity index (χ0n) is 12.3. The van der Waals surface area contributed by atoms with E-state index in [2.05, 4.69) is 4.90 Å². The monoisotopic (exact) mass is 294 g/mol. The van der Waals surface area contributed by atoms with Crippen molar-refractivity contribution in [2.75, 3.05) is 20.3 Å². The van der Waals surface area contributed by atoms with Crippen molar-refractivity contribution in [2.24, 2.45) is 0 Å². The van der Waals surface area contributed by atoms with Crippen LogP contribution in [-0.4, -0.2) is 41.2 Å². The van der Waals surface area contributed by atoms with Crippen LogP contribution in [0.2, 0.25) is 0 Å². The molecule has 1 fully saturated rings. The lowest BCUT2D eigenvalue weighted by molar-refractivity contribution is -0.385. The normalized spacial score (nSPS) is 18.9. The molecule has 1 unspecified atom stereocenters. The molecule has 0 aromatic heterocycles. The molecule has 1 aliphatic heterocycles. The minimum atomic E-state index is -0.390. The lowest BCUT2D eigenvalue weighted by atomic mass is 10.1. The van der Waals surface area contributed by atoms with Crippen molar-refractivity contribution in [3.05, 3.63) is 33.9 Å². The molecule has 1 saturated heterocycles. The smallest absolute Gasteiger partial charge is 0.273 e. The van der Waals surface area contributed by atoms with Crippen LogP contribution in [0.1, 0.15) is 31.2 Å². The number of nitro groups is 1. The Morgan fingerprint density at radius 3 is 2.95 bits per heavy atom. The summed E-state index contributed by atoms with van der Waals surface area (Å²) in [6.07, 6.45) is 4.05. The Labute approximate surface area is 124 Å². The molecular weight excluding hydrogens is 272 g/mol. The zero-order valence-corrected chi connectivity index (χ0v) is 12.3. The summed E-state index contributed by atoms with van der Waals surface area (Å²) in [4.78, 5) is 12.9. The number of ether oxygens (including phenoxy) is 1.